The van der Waals surface area contributed by atoms with Crippen molar-refractivity contribution < 1.29 is 5.11 Å². The van der Waals surface area contributed by atoms with Gasteiger partial charge >= 0.3 is 0 Å². The Balaban J connectivity index is 2.86. The molecule has 0 fully saturated rings. The highest BCUT2D eigenvalue weighted by Crippen LogP contribution is 2.17. The van der Waals surface area contributed by atoms with Gasteiger partial charge in [0.05, 0.1) is 11.4 Å². The van der Waals surface area contributed by atoms with Gasteiger partial charge in [0.1, 0.15) is 0 Å². The molecular formula is C8H10N2O. The van der Waals surface area contributed by atoms with Crippen molar-refractivity contribution in [1.29, 1.82) is 0 Å². The van der Waals surface area contributed by atoms with E-state index in [1.54, 1.807) is 12.1 Å². The summed E-state index contributed by atoms with van der Waals surface area (Å²) in [5.41, 5.74) is 6.81. The molecule has 0 aliphatic carbocycles. The second kappa shape index (κ2) is 2.96. The van der Waals surface area contributed by atoms with E-state index in [9.17, 15) is 0 Å². The highest BCUT2D eigenvalue weighted by atomic mass is 16.3. The number of para-hydroxylation sites is 2. The molecule has 0 atom stereocenters. The van der Waals surface area contributed by atoms with Crippen LogP contribution in [0.4, 0.5) is 11.4 Å². The zero-order chi connectivity index (χ0) is 8.27. The summed E-state index contributed by atoms with van der Waals surface area (Å²) >= 11 is 0. The molecular weight excluding hydrogens is 140 g/mol. The van der Waals surface area contributed by atoms with E-state index in [0.717, 1.165) is 0 Å². The normalized spacial score (nSPS) is 9.09. The molecule has 0 radical (unpaired) electrons. The molecule has 0 saturated heterocycles. The van der Waals surface area contributed by atoms with Gasteiger partial charge in [-0.3, -0.25) is 0 Å². The molecule has 0 spiro atoms. The maximum absolute atomic E-state index is 8.77. The van der Waals surface area contributed by atoms with E-state index in [2.05, 4.69) is 11.9 Å². The van der Waals surface area contributed by atoms with Crippen molar-refractivity contribution in [2.45, 2.75) is 0 Å². The van der Waals surface area contributed by atoms with Gasteiger partial charge in [0, 0.05) is 0 Å². The predicted molar refractivity (Wildman–Crippen MR) is 46.2 cm³/mol. The summed E-state index contributed by atoms with van der Waals surface area (Å²) in [6.45, 7) is 3.28. The Morgan fingerprint density at radius 2 is 2.09 bits per heavy atom. The SMILES string of the molecule is C=C(O)Nc1ccccc1N. The smallest absolute Gasteiger partial charge is 0.181 e. The molecule has 3 nitrogen and oxygen atoms in total. The Bertz CT molecular complexity index is 271. The third-order valence-electron chi connectivity index (χ3n) is 1.24. The summed E-state index contributed by atoms with van der Waals surface area (Å²) in [6.07, 6.45) is 0. The van der Waals surface area contributed by atoms with Crippen molar-refractivity contribution in [2.75, 3.05) is 11.1 Å². The maximum atomic E-state index is 8.77. The Hall–Kier alpha value is -1.64. The number of hydrogen-bond donors (Lipinski definition) is 3. The first kappa shape index (κ1) is 7.47. The van der Waals surface area contributed by atoms with Gasteiger partial charge in [0.25, 0.3) is 0 Å². The van der Waals surface area contributed by atoms with E-state index in [1.165, 1.54) is 0 Å². The van der Waals surface area contributed by atoms with Crippen LogP contribution in [-0.4, -0.2) is 5.11 Å². The fraction of sp³-hybridized carbons (Fsp3) is 0. The maximum Gasteiger partial charge on any atom is 0.181 e. The minimum atomic E-state index is -0.108. The molecule has 0 aliphatic heterocycles. The summed E-state index contributed by atoms with van der Waals surface area (Å²) in [5.74, 6) is -0.108. The summed E-state index contributed by atoms with van der Waals surface area (Å²) in [6, 6.07) is 7.14. The molecule has 0 aromatic heterocycles. The van der Waals surface area contributed by atoms with E-state index in [0.29, 0.717) is 11.4 Å². The molecule has 1 aromatic carbocycles. The Kier molecular flexibility index (Phi) is 2.01. The van der Waals surface area contributed by atoms with Crippen LogP contribution in [0.2, 0.25) is 0 Å². The van der Waals surface area contributed by atoms with Crippen LogP contribution in [0.5, 0.6) is 0 Å². The van der Waals surface area contributed by atoms with Gasteiger partial charge in [-0.1, -0.05) is 12.1 Å². The zero-order valence-corrected chi connectivity index (χ0v) is 6.04. The van der Waals surface area contributed by atoms with Crippen LogP contribution >= 0.6 is 0 Å². The third kappa shape index (κ3) is 1.89. The van der Waals surface area contributed by atoms with Crippen LogP contribution in [0.1, 0.15) is 0 Å². The quantitative estimate of drug-likeness (QED) is 0.444. The number of aliphatic hydroxyl groups is 1. The van der Waals surface area contributed by atoms with Crippen LogP contribution in [0.15, 0.2) is 36.7 Å². The van der Waals surface area contributed by atoms with Gasteiger partial charge in [0.15, 0.2) is 5.88 Å². The molecule has 0 amide bonds. The first-order valence-electron chi connectivity index (χ1n) is 3.19. The van der Waals surface area contributed by atoms with Gasteiger partial charge in [-0.15, -0.1) is 0 Å². The largest absolute Gasteiger partial charge is 0.495 e. The summed E-state index contributed by atoms with van der Waals surface area (Å²) in [5, 5.41) is 11.4. The molecule has 0 heterocycles. The number of benzene rings is 1. The number of hydrogen-bond acceptors (Lipinski definition) is 3. The van der Waals surface area contributed by atoms with Gasteiger partial charge in [0.2, 0.25) is 0 Å². The van der Waals surface area contributed by atoms with Crippen LogP contribution in [0.3, 0.4) is 0 Å². The van der Waals surface area contributed by atoms with E-state index in [-0.39, 0.29) is 5.88 Å². The minimum absolute atomic E-state index is 0.108. The standard InChI is InChI=1S/C8H10N2O/c1-6(11)10-8-5-3-2-4-7(8)9/h2-5,10-11H,1,9H2. The number of nitrogen functional groups attached to an aromatic ring is 1. The van der Waals surface area contributed by atoms with Gasteiger partial charge in [-0.05, 0) is 18.7 Å². The van der Waals surface area contributed by atoms with Crippen molar-refractivity contribution in [2.24, 2.45) is 0 Å². The molecule has 4 N–H and O–H groups in total. The van der Waals surface area contributed by atoms with Crippen LogP contribution in [0.25, 0.3) is 0 Å². The van der Waals surface area contributed by atoms with Crippen LogP contribution in [0, 0.1) is 0 Å². The first-order valence-corrected chi connectivity index (χ1v) is 3.19. The number of rotatable bonds is 2. The number of anilines is 2. The fourth-order valence-electron chi connectivity index (χ4n) is 0.766. The van der Waals surface area contributed by atoms with E-state index in [1.807, 2.05) is 12.1 Å². The number of nitrogens with two attached hydrogens (primary N) is 1. The first-order chi connectivity index (χ1) is 5.20. The molecule has 11 heavy (non-hydrogen) atoms. The van der Waals surface area contributed by atoms with E-state index in [4.69, 9.17) is 10.8 Å². The highest BCUT2D eigenvalue weighted by Gasteiger charge is 1.95. The van der Waals surface area contributed by atoms with E-state index < -0.39 is 0 Å². The third-order valence-corrected chi connectivity index (χ3v) is 1.24. The molecule has 0 saturated carbocycles. The zero-order valence-electron chi connectivity index (χ0n) is 6.04. The molecule has 0 unspecified atom stereocenters. The molecule has 1 rings (SSSR count). The Morgan fingerprint density at radius 3 is 2.64 bits per heavy atom. The molecule has 0 bridgehead atoms. The van der Waals surface area contributed by atoms with Crippen molar-refractivity contribution in [1.82, 2.24) is 0 Å². The lowest BCUT2D eigenvalue weighted by molar-refractivity contribution is 0.422. The van der Waals surface area contributed by atoms with Crippen molar-refractivity contribution in [3.05, 3.63) is 36.7 Å². The lowest BCUT2D eigenvalue weighted by atomic mass is 10.3. The second-order valence-electron chi connectivity index (χ2n) is 2.16. The average Bonchev–Trinajstić information content (AvgIpc) is 1.93. The predicted octanol–water partition coefficient (Wildman–Crippen LogP) is 1.71. The lowest BCUT2D eigenvalue weighted by Gasteiger charge is -2.05. The molecule has 0 aliphatic rings. The number of aliphatic hydroxyl groups excluding tert-OH is 1. The van der Waals surface area contributed by atoms with Crippen LogP contribution < -0.4 is 11.1 Å². The molecule has 3 heteroatoms. The molecule has 58 valence electrons. The van der Waals surface area contributed by atoms with Gasteiger partial charge < -0.3 is 16.2 Å². The average molecular weight is 150 g/mol. The van der Waals surface area contributed by atoms with Crippen molar-refractivity contribution >= 4 is 11.4 Å². The Morgan fingerprint density at radius 1 is 1.45 bits per heavy atom. The van der Waals surface area contributed by atoms with Crippen molar-refractivity contribution in [3.63, 3.8) is 0 Å². The van der Waals surface area contributed by atoms with Crippen LogP contribution in [-0.2, 0) is 0 Å². The summed E-state index contributed by atoms with van der Waals surface area (Å²) < 4.78 is 0. The fourth-order valence-corrected chi connectivity index (χ4v) is 0.766. The highest BCUT2D eigenvalue weighted by molar-refractivity contribution is 5.66. The minimum Gasteiger partial charge on any atom is -0.495 e. The monoisotopic (exact) mass is 150 g/mol. The van der Waals surface area contributed by atoms with Crippen molar-refractivity contribution in [3.8, 4) is 0 Å². The van der Waals surface area contributed by atoms with E-state index >= 15 is 0 Å². The number of nitrogens with one attached hydrogen (secondary N) is 1. The Labute approximate surface area is 65.2 Å². The topological polar surface area (TPSA) is 58.3 Å². The lowest BCUT2D eigenvalue weighted by Crippen LogP contribution is -1.99. The van der Waals surface area contributed by atoms with Gasteiger partial charge in [-0.2, -0.15) is 0 Å². The molecule has 1 aromatic rings. The van der Waals surface area contributed by atoms with Gasteiger partial charge in [-0.25, -0.2) is 0 Å². The summed E-state index contributed by atoms with van der Waals surface area (Å²) in [7, 11) is 0. The second-order valence-corrected chi connectivity index (χ2v) is 2.16. The summed E-state index contributed by atoms with van der Waals surface area (Å²) in [4.78, 5) is 0.